The number of unbranched alkanes of at least 4 members (excludes halogenated alkanes) is 37. The number of rotatable bonds is 50. The lowest BCUT2D eigenvalue weighted by molar-refractivity contribution is -0.167. The summed E-state index contributed by atoms with van der Waals surface area (Å²) < 4.78 is 16.8. The first kappa shape index (κ1) is 59.4. The fraction of sp³-hybridized carbons (Fsp3) is 0.945. The normalized spacial score (nSPS) is 12.0. The second-order valence-corrected chi connectivity index (χ2v) is 19.3. The Balaban J connectivity index is 4.28. The Morgan fingerprint density at radius 2 is 0.541 bits per heavy atom. The number of ether oxygens (including phenoxy) is 3. The molecule has 0 aromatic heterocycles. The monoisotopic (exact) mass is 863 g/mol. The lowest BCUT2D eigenvalue weighted by Crippen LogP contribution is -2.30. The smallest absolute Gasteiger partial charge is 0.306 e. The minimum absolute atomic E-state index is 0.0622. The molecule has 0 amide bonds. The third kappa shape index (κ3) is 49.3. The summed E-state index contributed by atoms with van der Waals surface area (Å²) in [6, 6.07) is 0. The van der Waals surface area contributed by atoms with Crippen molar-refractivity contribution in [3.63, 3.8) is 0 Å². The van der Waals surface area contributed by atoms with E-state index in [2.05, 4.69) is 27.7 Å². The van der Waals surface area contributed by atoms with E-state index in [4.69, 9.17) is 14.2 Å². The first-order valence-corrected chi connectivity index (χ1v) is 27.4. The molecule has 61 heavy (non-hydrogen) atoms. The Hall–Kier alpha value is -1.59. The first-order valence-electron chi connectivity index (χ1n) is 27.4. The predicted molar refractivity (Wildman–Crippen MR) is 261 cm³/mol. The van der Waals surface area contributed by atoms with E-state index in [0.717, 1.165) is 63.7 Å². The van der Waals surface area contributed by atoms with E-state index in [1.165, 1.54) is 205 Å². The standard InChI is InChI=1S/C55H106O6/c1-5-7-9-11-13-15-17-19-20-23-27-30-34-38-42-46-53(56)59-49-52(61-55(58)48-44-40-36-32-26-18-16-14-12-10-8-6-2)50-60-54(57)47-43-39-35-31-28-24-21-22-25-29-33-37-41-45-51(3)4/h51-52H,5-50H2,1-4H3/t52-/m0/s1. The molecule has 0 N–H and O–H groups in total. The fourth-order valence-electron chi connectivity index (χ4n) is 8.39. The molecule has 6 heteroatoms. The van der Waals surface area contributed by atoms with Crippen molar-refractivity contribution in [3.8, 4) is 0 Å². The topological polar surface area (TPSA) is 78.9 Å². The summed E-state index contributed by atoms with van der Waals surface area (Å²) in [4.78, 5) is 38.0. The zero-order valence-electron chi connectivity index (χ0n) is 41.6. The van der Waals surface area contributed by atoms with Crippen molar-refractivity contribution in [2.24, 2.45) is 5.92 Å². The molecule has 0 aliphatic heterocycles. The van der Waals surface area contributed by atoms with Gasteiger partial charge >= 0.3 is 17.9 Å². The van der Waals surface area contributed by atoms with E-state index in [9.17, 15) is 14.4 Å². The molecule has 0 heterocycles. The van der Waals surface area contributed by atoms with Gasteiger partial charge in [-0.2, -0.15) is 0 Å². The Bertz CT molecular complexity index is 918. The Kier molecular flexibility index (Phi) is 48.1. The predicted octanol–water partition coefficient (Wildman–Crippen LogP) is 17.8. The first-order chi connectivity index (χ1) is 29.9. The molecule has 0 aromatic carbocycles. The number of esters is 3. The zero-order chi connectivity index (χ0) is 44.5. The molecular weight excluding hydrogens is 757 g/mol. The maximum Gasteiger partial charge on any atom is 0.306 e. The highest BCUT2D eigenvalue weighted by Gasteiger charge is 2.19. The van der Waals surface area contributed by atoms with Crippen molar-refractivity contribution in [2.45, 2.75) is 316 Å². The van der Waals surface area contributed by atoms with Gasteiger partial charge in [0.2, 0.25) is 0 Å². The zero-order valence-corrected chi connectivity index (χ0v) is 41.6. The molecule has 0 rings (SSSR count). The maximum atomic E-state index is 12.8. The van der Waals surface area contributed by atoms with Crippen LogP contribution in [0, 0.1) is 5.92 Å². The van der Waals surface area contributed by atoms with Crippen molar-refractivity contribution in [1.82, 2.24) is 0 Å². The van der Waals surface area contributed by atoms with E-state index in [1.807, 2.05) is 0 Å². The molecule has 0 aromatic rings. The van der Waals surface area contributed by atoms with E-state index < -0.39 is 6.10 Å². The SMILES string of the molecule is CCCCCCCCCCCCCCCCCC(=O)OC[C@@H](COC(=O)CCCCCCCCCCCCCCCC(C)C)OC(=O)CCCCCCCCCCCCCC. The summed E-state index contributed by atoms with van der Waals surface area (Å²) in [6.07, 6.45) is 52.3. The highest BCUT2D eigenvalue weighted by molar-refractivity contribution is 5.71. The molecule has 1 atom stereocenters. The van der Waals surface area contributed by atoms with Gasteiger partial charge in [0.15, 0.2) is 6.10 Å². The van der Waals surface area contributed by atoms with Gasteiger partial charge in [0.25, 0.3) is 0 Å². The molecule has 0 saturated heterocycles. The highest BCUT2D eigenvalue weighted by atomic mass is 16.6. The third-order valence-corrected chi connectivity index (χ3v) is 12.5. The van der Waals surface area contributed by atoms with Gasteiger partial charge in [-0.05, 0) is 25.2 Å². The van der Waals surface area contributed by atoms with Crippen molar-refractivity contribution < 1.29 is 28.6 Å². The van der Waals surface area contributed by atoms with Crippen molar-refractivity contribution in [2.75, 3.05) is 13.2 Å². The van der Waals surface area contributed by atoms with Gasteiger partial charge in [0.05, 0.1) is 0 Å². The van der Waals surface area contributed by atoms with Crippen LogP contribution in [0.2, 0.25) is 0 Å². The van der Waals surface area contributed by atoms with Gasteiger partial charge in [-0.25, -0.2) is 0 Å². The molecular formula is C55H106O6. The van der Waals surface area contributed by atoms with Crippen LogP contribution in [0.3, 0.4) is 0 Å². The fourth-order valence-corrected chi connectivity index (χ4v) is 8.39. The van der Waals surface area contributed by atoms with Crippen LogP contribution in [0.25, 0.3) is 0 Å². The van der Waals surface area contributed by atoms with Crippen LogP contribution in [0.1, 0.15) is 310 Å². The summed E-state index contributed by atoms with van der Waals surface area (Å²) in [5, 5.41) is 0. The van der Waals surface area contributed by atoms with Gasteiger partial charge in [0, 0.05) is 19.3 Å². The largest absolute Gasteiger partial charge is 0.462 e. The van der Waals surface area contributed by atoms with E-state index in [0.29, 0.717) is 19.3 Å². The average molecular weight is 863 g/mol. The minimum Gasteiger partial charge on any atom is -0.462 e. The van der Waals surface area contributed by atoms with Crippen LogP contribution < -0.4 is 0 Å². The quantitative estimate of drug-likeness (QED) is 0.0344. The second kappa shape index (κ2) is 49.4. The number of carbonyl (C=O) groups is 3. The summed E-state index contributed by atoms with van der Waals surface area (Å²) >= 11 is 0. The molecule has 0 radical (unpaired) electrons. The Morgan fingerprint density at radius 3 is 0.803 bits per heavy atom. The Labute approximate surface area is 380 Å². The van der Waals surface area contributed by atoms with Gasteiger partial charge < -0.3 is 14.2 Å². The lowest BCUT2D eigenvalue weighted by atomic mass is 10.0. The van der Waals surface area contributed by atoms with Crippen LogP contribution in [-0.4, -0.2) is 37.2 Å². The summed E-state index contributed by atoms with van der Waals surface area (Å²) in [7, 11) is 0. The molecule has 0 saturated carbocycles. The van der Waals surface area contributed by atoms with E-state index in [-0.39, 0.29) is 31.1 Å². The van der Waals surface area contributed by atoms with Crippen LogP contribution in [0.5, 0.6) is 0 Å². The van der Waals surface area contributed by atoms with Gasteiger partial charge in [-0.15, -0.1) is 0 Å². The number of hydrogen-bond acceptors (Lipinski definition) is 6. The maximum absolute atomic E-state index is 12.8. The number of hydrogen-bond donors (Lipinski definition) is 0. The van der Waals surface area contributed by atoms with Crippen LogP contribution in [0.4, 0.5) is 0 Å². The molecule has 0 aliphatic carbocycles. The van der Waals surface area contributed by atoms with Crippen molar-refractivity contribution in [3.05, 3.63) is 0 Å². The average Bonchev–Trinajstić information content (AvgIpc) is 3.24. The molecule has 6 nitrogen and oxygen atoms in total. The third-order valence-electron chi connectivity index (χ3n) is 12.5. The number of carbonyl (C=O) groups excluding carboxylic acids is 3. The molecule has 0 bridgehead atoms. The van der Waals surface area contributed by atoms with Crippen molar-refractivity contribution in [1.29, 1.82) is 0 Å². The summed E-state index contributed by atoms with van der Waals surface area (Å²) in [5.41, 5.74) is 0. The summed E-state index contributed by atoms with van der Waals surface area (Å²) in [6.45, 7) is 9.05. The molecule has 0 unspecified atom stereocenters. The lowest BCUT2D eigenvalue weighted by Gasteiger charge is -2.18. The van der Waals surface area contributed by atoms with E-state index in [1.54, 1.807) is 0 Å². The van der Waals surface area contributed by atoms with Gasteiger partial charge in [0.1, 0.15) is 13.2 Å². The summed E-state index contributed by atoms with van der Waals surface area (Å²) in [5.74, 6) is 0.000315. The van der Waals surface area contributed by atoms with Gasteiger partial charge in [-0.1, -0.05) is 272 Å². The second-order valence-electron chi connectivity index (χ2n) is 19.3. The van der Waals surface area contributed by atoms with Crippen LogP contribution >= 0.6 is 0 Å². The Morgan fingerprint density at radius 1 is 0.311 bits per heavy atom. The molecule has 0 spiro atoms. The van der Waals surface area contributed by atoms with Crippen LogP contribution in [0.15, 0.2) is 0 Å². The van der Waals surface area contributed by atoms with Gasteiger partial charge in [-0.3, -0.25) is 14.4 Å². The van der Waals surface area contributed by atoms with E-state index >= 15 is 0 Å². The minimum atomic E-state index is -0.761. The molecule has 0 fully saturated rings. The van der Waals surface area contributed by atoms with Crippen LogP contribution in [-0.2, 0) is 28.6 Å². The highest BCUT2D eigenvalue weighted by Crippen LogP contribution is 2.17. The molecule has 362 valence electrons. The molecule has 0 aliphatic rings. The van der Waals surface area contributed by atoms with Crippen molar-refractivity contribution >= 4 is 17.9 Å².